The zero-order valence-corrected chi connectivity index (χ0v) is 16.0. The number of para-hydroxylation sites is 1. The fourth-order valence-corrected chi connectivity index (χ4v) is 3.31. The third-order valence-electron chi connectivity index (χ3n) is 3.89. The van der Waals surface area contributed by atoms with Gasteiger partial charge in [-0.1, -0.05) is 12.1 Å². The van der Waals surface area contributed by atoms with Gasteiger partial charge in [0.25, 0.3) is 0 Å². The third-order valence-corrected chi connectivity index (χ3v) is 6.22. The van der Waals surface area contributed by atoms with E-state index in [-0.39, 0.29) is 10.7 Å². The molecule has 5 nitrogen and oxygen atoms in total. The van der Waals surface area contributed by atoms with Gasteiger partial charge in [-0.15, -0.1) is 11.3 Å². The lowest BCUT2D eigenvalue weighted by Crippen LogP contribution is -2.51. The van der Waals surface area contributed by atoms with E-state index in [2.05, 4.69) is 10.3 Å². The summed E-state index contributed by atoms with van der Waals surface area (Å²) in [5.41, 5.74) is 6.99. The summed E-state index contributed by atoms with van der Waals surface area (Å²) < 4.78 is 5.06. The third kappa shape index (κ3) is 4.28. The maximum absolute atomic E-state index is 12.2. The Labute approximate surface area is 151 Å². The van der Waals surface area contributed by atoms with Crippen LogP contribution in [0.5, 0.6) is 5.75 Å². The molecule has 0 aliphatic carbocycles. The number of hydrogen-bond donors (Lipinski definition) is 2. The quantitative estimate of drug-likeness (QED) is 0.789. The molecule has 0 aliphatic heterocycles. The monoisotopic (exact) mass is 365 g/mol. The summed E-state index contributed by atoms with van der Waals surface area (Å²) in [5, 5.41) is 3.76. The molecule has 7 heteroatoms. The molecule has 0 fully saturated rings. The molecular weight excluding hydrogens is 342 g/mol. The van der Waals surface area contributed by atoms with Gasteiger partial charge in [0.15, 0.2) is 0 Å². The van der Waals surface area contributed by atoms with Crippen LogP contribution in [0.4, 0.5) is 0 Å². The molecule has 130 valence electrons. The molecule has 0 spiro atoms. The maximum atomic E-state index is 12.2. The Bertz CT molecular complexity index is 701. The summed E-state index contributed by atoms with van der Waals surface area (Å²) in [6.45, 7) is 4.35. The van der Waals surface area contributed by atoms with Gasteiger partial charge in [0.05, 0.1) is 25.3 Å². The van der Waals surface area contributed by atoms with Crippen LogP contribution in [0, 0.1) is 0 Å². The fourth-order valence-electron chi connectivity index (χ4n) is 2.06. The summed E-state index contributed by atoms with van der Waals surface area (Å²) in [6, 6.07) is 7.18. The molecule has 24 heavy (non-hydrogen) atoms. The molecule has 2 rings (SSSR count). The van der Waals surface area contributed by atoms with E-state index in [4.69, 9.17) is 10.5 Å². The van der Waals surface area contributed by atoms with Crippen LogP contribution in [-0.4, -0.2) is 35.0 Å². The topological polar surface area (TPSA) is 77.2 Å². The molecule has 0 saturated carbocycles. The van der Waals surface area contributed by atoms with Crippen LogP contribution in [0.15, 0.2) is 30.5 Å². The van der Waals surface area contributed by atoms with E-state index in [0.29, 0.717) is 6.54 Å². The standard InChI is InChI=1S/C17H23N3O2S2/c1-17(2,23-4)14(18)15(21)19-9-11-10-20-16(24-11)12-7-5-6-8-13(12)22-3/h5-8,10,14H,9,18H2,1-4H3,(H,19,21)/t14-/m1/s1. The van der Waals surface area contributed by atoms with Gasteiger partial charge < -0.3 is 15.8 Å². The van der Waals surface area contributed by atoms with Gasteiger partial charge in [0, 0.05) is 15.8 Å². The Hall–Kier alpha value is -1.57. The Morgan fingerprint density at radius 1 is 1.46 bits per heavy atom. The smallest absolute Gasteiger partial charge is 0.238 e. The summed E-state index contributed by atoms with van der Waals surface area (Å²) in [4.78, 5) is 17.6. The molecule has 1 heterocycles. The van der Waals surface area contributed by atoms with Gasteiger partial charge in [-0.25, -0.2) is 4.98 Å². The van der Waals surface area contributed by atoms with Crippen LogP contribution >= 0.6 is 23.1 Å². The van der Waals surface area contributed by atoms with Gasteiger partial charge >= 0.3 is 0 Å². The van der Waals surface area contributed by atoms with Crippen LogP contribution in [0.3, 0.4) is 0 Å². The fraction of sp³-hybridized carbons (Fsp3) is 0.412. The lowest BCUT2D eigenvalue weighted by Gasteiger charge is -2.28. The Kier molecular flexibility index (Phi) is 6.26. The number of nitrogens with two attached hydrogens (primary N) is 1. The number of carbonyl (C=O) groups excluding carboxylic acids is 1. The highest BCUT2D eigenvalue weighted by molar-refractivity contribution is 8.00. The average molecular weight is 366 g/mol. The second-order valence-electron chi connectivity index (χ2n) is 5.84. The first-order chi connectivity index (χ1) is 11.4. The number of amides is 1. The first-order valence-electron chi connectivity index (χ1n) is 7.55. The van der Waals surface area contributed by atoms with Crippen molar-refractivity contribution in [3.8, 4) is 16.3 Å². The number of nitrogens with zero attached hydrogens (tertiary/aromatic N) is 1. The number of ether oxygens (including phenoxy) is 1. The van der Waals surface area contributed by atoms with Gasteiger partial charge in [0.2, 0.25) is 5.91 Å². The van der Waals surface area contributed by atoms with Crippen LogP contribution in [0.1, 0.15) is 18.7 Å². The van der Waals surface area contributed by atoms with Gasteiger partial charge in [-0.2, -0.15) is 11.8 Å². The zero-order chi connectivity index (χ0) is 17.7. The SMILES string of the molecule is COc1ccccc1-c1ncc(CNC(=O)[C@@H](N)C(C)(C)SC)s1. The molecule has 0 bridgehead atoms. The second kappa shape index (κ2) is 8.00. The lowest BCUT2D eigenvalue weighted by molar-refractivity contribution is -0.123. The number of methoxy groups -OCH3 is 1. The van der Waals surface area contributed by atoms with Crippen molar-refractivity contribution in [2.75, 3.05) is 13.4 Å². The Morgan fingerprint density at radius 2 is 2.17 bits per heavy atom. The molecule has 3 N–H and O–H groups in total. The summed E-state index contributed by atoms with van der Waals surface area (Å²) in [6.07, 6.45) is 3.73. The molecule has 0 unspecified atom stereocenters. The van der Waals surface area contributed by atoms with Gasteiger partial charge in [0.1, 0.15) is 10.8 Å². The summed E-state index contributed by atoms with van der Waals surface area (Å²) in [5.74, 6) is 0.632. The summed E-state index contributed by atoms with van der Waals surface area (Å²) >= 11 is 3.11. The molecule has 1 atom stereocenters. The largest absolute Gasteiger partial charge is 0.496 e. The average Bonchev–Trinajstić information content (AvgIpc) is 3.07. The number of rotatable bonds is 7. The van der Waals surface area contributed by atoms with Crippen molar-refractivity contribution in [2.45, 2.75) is 31.2 Å². The number of aromatic nitrogens is 1. The molecule has 0 saturated heterocycles. The van der Waals surface area contributed by atoms with Gasteiger partial charge in [-0.3, -0.25) is 4.79 Å². The van der Waals surface area contributed by atoms with Crippen LogP contribution in [0.25, 0.3) is 10.6 Å². The lowest BCUT2D eigenvalue weighted by atomic mass is 10.0. The van der Waals surface area contributed by atoms with Crippen molar-refractivity contribution in [3.05, 3.63) is 35.3 Å². The minimum absolute atomic E-state index is 0.151. The molecular formula is C17H23N3O2S2. The molecule has 0 radical (unpaired) electrons. The number of benzene rings is 1. The van der Waals surface area contributed by atoms with Crippen LogP contribution in [0.2, 0.25) is 0 Å². The number of nitrogens with one attached hydrogen (secondary N) is 1. The van der Waals surface area contributed by atoms with Crippen molar-refractivity contribution in [3.63, 3.8) is 0 Å². The van der Waals surface area contributed by atoms with Crippen molar-refractivity contribution >= 4 is 29.0 Å². The highest BCUT2D eigenvalue weighted by atomic mass is 32.2. The summed E-state index contributed by atoms with van der Waals surface area (Å²) in [7, 11) is 1.64. The highest BCUT2D eigenvalue weighted by Gasteiger charge is 2.31. The Morgan fingerprint density at radius 3 is 2.83 bits per heavy atom. The van der Waals surface area contributed by atoms with Gasteiger partial charge in [-0.05, 0) is 32.2 Å². The normalized spacial score (nSPS) is 12.7. The number of hydrogen-bond acceptors (Lipinski definition) is 6. The van der Waals surface area contributed by atoms with Crippen molar-refractivity contribution in [1.29, 1.82) is 0 Å². The predicted octanol–water partition coefficient (Wildman–Crippen LogP) is 2.90. The van der Waals surface area contributed by atoms with E-state index in [1.807, 2.05) is 44.4 Å². The number of thiazole rings is 1. The first kappa shape index (κ1) is 18.8. The molecule has 1 amide bonds. The molecule has 0 aliphatic rings. The van der Waals surface area contributed by atoms with Crippen LogP contribution in [-0.2, 0) is 11.3 Å². The van der Waals surface area contributed by atoms with Crippen molar-refractivity contribution in [2.24, 2.45) is 5.73 Å². The zero-order valence-electron chi connectivity index (χ0n) is 14.3. The van der Waals surface area contributed by atoms with E-state index >= 15 is 0 Å². The molecule has 1 aromatic heterocycles. The highest BCUT2D eigenvalue weighted by Crippen LogP contribution is 2.32. The minimum atomic E-state index is -0.561. The minimum Gasteiger partial charge on any atom is -0.496 e. The molecule has 1 aromatic carbocycles. The first-order valence-corrected chi connectivity index (χ1v) is 9.59. The van der Waals surface area contributed by atoms with E-state index in [9.17, 15) is 4.79 Å². The van der Waals surface area contributed by atoms with E-state index in [1.165, 1.54) is 11.3 Å². The van der Waals surface area contributed by atoms with Crippen molar-refractivity contribution < 1.29 is 9.53 Å². The van der Waals surface area contributed by atoms with E-state index in [1.54, 1.807) is 25.1 Å². The number of carbonyl (C=O) groups is 1. The Balaban J connectivity index is 2.03. The maximum Gasteiger partial charge on any atom is 0.238 e. The number of thioether (sulfide) groups is 1. The van der Waals surface area contributed by atoms with Crippen LogP contribution < -0.4 is 15.8 Å². The second-order valence-corrected chi connectivity index (χ2v) is 8.41. The van der Waals surface area contributed by atoms with E-state index in [0.717, 1.165) is 21.2 Å². The predicted molar refractivity (Wildman–Crippen MR) is 102 cm³/mol. The molecule has 2 aromatic rings. The van der Waals surface area contributed by atoms with Crippen molar-refractivity contribution in [1.82, 2.24) is 10.3 Å². The van der Waals surface area contributed by atoms with E-state index < -0.39 is 6.04 Å².